The van der Waals surface area contributed by atoms with Crippen molar-refractivity contribution in [1.82, 2.24) is 0 Å². The van der Waals surface area contributed by atoms with Gasteiger partial charge in [0.2, 0.25) is 0 Å². The SMILES string of the molecule is CC(C)Sc1cccc2c1oc1c(N(c3ccccc3)c3ccc4c5c(c6ccccc6c4c3)-c3cc4ccc(N(c6ccccc6)c6cccc7c6oc6c([Si](C)(C)C)cccc67)cc4cc3C5(c3ccccc3)c3ccccc3)cccc12. The predicted octanol–water partition coefficient (Wildman–Crippen LogP) is 22.3. The number of nitrogens with zero attached hydrogens (tertiary/aromatic N) is 2. The molecule has 1 aliphatic carbocycles. The van der Waals surface area contributed by atoms with Gasteiger partial charge in [0.1, 0.15) is 11.2 Å². The Morgan fingerprint density at radius 2 is 0.871 bits per heavy atom. The average Bonchev–Trinajstić information content (AvgIpc) is 1.57. The van der Waals surface area contributed by atoms with E-state index in [1.165, 1.54) is 65.5 Å². The molecule has 0 saturated heterocycles. The molecule has 0 unspecified atom stereocenters. The number of hydrogen-bond acceptors (Lipinski definition) is 5. The van der Waals surface area contributed by atoms with Gasteiger partial charge >= 0.3 is 0 Å². The zero-order valence-corrected chi connectivity index (χ0v) is 49.9. The molecule has 0 bridgehead atoms. The smallest absolute Gasteiger partial charge is 0.159 e. The van der Waals surface area contributed by atoms with Gasteiger partial charge in [-0.25, -0.2) is 0 Å². The van der Waals surface area contributed by atoms with Crippen molar-refractivity contribution >= 4 is 135 Å². The Morgan fingerprint density at radius 1 is 0.376 bits per heavy atom. The number of fused-ring (bicyclic) bond motifs is 15. The Balaban J connectivity index is 0.947. The maximum Gasteiger partial charge on any atom is 0.159 e. The molecule has 85 heavy (non-hydrogen) atoms. The molecule has 0 saturated carbocycles. The quantitative estimate of drug-likeness (QED) is 0.0732. The van der Waals surface area contributed by atoms with Gasteiger partial charge in [-0.1, -0.05) is 222 Å². The second-order valence-electron chi connectivity index (χ2n) is 24.0. The molecule has 0 aliphatic heterocycles. The van der Waals surface area contributed by atoms with E-state index in [0.717, 1.165) is 88.3 Å². The second-order valence-corrected chi connectivity index (χ2v) is 30.7. The molecule has 0 fully saturated rings. The molecule has 13 aromatic carbocycles. The lowest BCUT2D eigenvalue weighted by Crippen LogP contribution is -2.37. The van der Waals surface area contributed by atoms with Crippen LogP contribution in [-0.4, -0.2) is 13.3 Å². The van der Waals surface area contributed by atoms with Crippen LogP contribution < -0.4 is 15.0 Å². The Hall–Kier alpha value is -9.59. The molecule has 1 aliphatic rings. The van der Waals surface area contributed by atoms with Gasteiger partial charge in [-0.2, -0.15) is 0 Å². The highest BCUT2D eigenvalue weighted by Gasteiger charge is 2.48. The topological polar surface area (TPSA) is 32.8 Å². The van der Waals surface area contributed by atoms with Crippen molar-refractivity contribution in [3.8, 4) is 11.1 Å². The molecule has 0 N–H and O–H groups in total. The van der Waals surface area contributed by atoms with Crippen molar-refractivity contribution in [2.24, 2.45) is 0 Å². The van der Waals surface area contributed by atoms with Crippen LogP contribution in [0.2, 0.25) is 19.6 Å². The van der Waals surface area contributed by atoms with E-state index < -0.39 is 13.5 Å². The Labute approximate surface area is 500 Å². The minimum atomic E-state index is -1.75. The van der Waals surface area contributed by atoms with Crippen molar-refractivity contribution in [2.45, 2.75) is 49.0 Å². The molecule has 0 atom stereocenters. The molecule has 0 radical (unpaired) electrons. The van der Waals surface area contributed by atoms with Crippen LogP contribution in [0.1, 0.15) is 36.1 Å². The van der Waals surface area contributed by atoms with Gasteiger partial charge < -0.3 is 18.6 Å². The third-order valence-electron chi connectivity index (χ3n) is 17.6. The predicted molar refractivity (Wildman–Crippen MR) is 364 cm³/mol. The van der Waals surface area contributed by atoms with Gasteiger partial charge in [0, 0.05) is 49.5 Å². The van der Waals surface area contributed by atoms with E-state index in [1.807, 2.05) is 11.8 Å². The van der Waals surface area contributed by atoms with Gasteiger partial charge in [-0.15, -0.1) is 11.8 Å². The van der Waals surface area contributed by atoms with Crippen LogP contribution in [0.5, 0.6) is 0 Å². The highest BCUT2D eigenvalue weighted by molar-refractivity contribution is 8.00. The van der Waals surface area contributed by atoms with Crippen molar-refractivity contribution in [2.75, 3.05) is 9.80 Å². The number of thioether (sulfide) groups is 1. The summed E-state index contributed by atoms with van der Waals surface area (Å²) in [6, 6.07) is 98.8. The van der Waals surface area contributed by atoms with Gasteiger partial charge in [0.25, 0.3) is 0 Å². The average molecular weight is 1130 g/mol. The summed E-state index contributed by atoms with van der Waals surface area (Å²) in [5.41, 5.74) is 16.7. The van der Waals surface area contributed by atoms with E-state index in [0.29, 0.717) is 5.25 Å². The number of hydrogen-bond donors (Lipinski definition) is 0. The first kappa shape index (κ1) is 51.1. The molecule has 16 rings (SSSR count). The second kappa shape index (κ2) is 19.8. The van der Waals surface area contributed by atoms with Crippen LogP contribution >= 0.6 is 11.8 Å². The zero-order valence-electron chi connectivity index (χ0n) is 48.1. The van der Waals surface area contributed by atoms with Crippen molar-refractivity contribution < 1.29 is 8.83 Å². The van der Waals surface area contributed by atoms with Crippen LogP contribution in [0.15, 0.2) is 281 Å². The maximum absolute atomic E-state index is 7.14. The molecular weight excluding hydrogens is 1070 g/mol. The largest absolute Gasteiger partial charge is 0.454 e. The lowest BCUT2D eigenvalue weighted by molar-refractivity contribution is 0.660. The van der Waals surface area contributed by atoms with Crippen LogP contribution in [0, 0.1) is 0 Å². The first-order valence-corrected chi connectivity index (χ1v) is 34.0. The van der Waals surface area contributed by atoms with Crippen LogP contribution in [0.25, 0.3) is 87.3 Å². The minimum Gasteiger partial charge on any atom is -0.454 e. The molecule has 15 aromatic rings. The van der Waals surface area contributed by atoms with Gasteiger partial charge in [-0.3, -0.25) is 0 Å². The first-order chi connectivity index (χ1) is 41.6. The van der Waals surface area contributed by atoms with E-state index in [-0.39, 0.29) is 0 Å². The maximum atomic E-state index is 7.14. The lowest BCUT2D eigenvalue weighted by atomic mass is 9.66. The number of furan rings is 2. The summed E-state index contributed by atoms with van der Waals surface area (Å²) in [5.74, 6) is 0. The minimum absolute atomic E-state index is 0.408. The summed E-state index contributed by atoms with van der Waals surface area (Å²) in [6.45, 7) is 11.7. The molecule has 6 heteroatoms. The molecule has 2 aromatic heterocycles. The van der Waals surface area contributed by atoms with Gasteiger partial charge in [0.05, 0.1) is 29.8 Å². The first-order valence-electron chi connectivity index (χ1n) is 29.6. The highest BCUT2D eigenvalue weighted by atomic mass is 32.2. The van der Waals surface area contributed by atoms with Crippen molar-refractivity contribution in [3.63, 3.8) is 0 Å². The number of anilines is 6. The van der Waals surface area contributed by atoms with Crippen LogP contribution in [-0.2, 0) is 5.41 Å². The fourth-order valence-electron chi connectivity index (χ4n) is 14.1. The highest BCUT2D eigenvalue weighted by Crippen LogP contribution is 2.62. The van der Waals surface area contributed by atoms with Crippen molar-refractivity contribution in [3.05, 3.63) is 289 Å². The van der Waals surface area contributed by atoms with E-state index in [2.05, 4.69) is 310 Å². The molecule has 0 spiro atoms. The lowest BCUT2D eigenvalue weighted by Gasteiger charge is -2.35. The third kappa shape index (κ3) is 7.96. The normalized spacial score (nSPS) is 13.0. The summed E-state index contributed by atoms with van der Waals surface area (Å²) in [5, 5.41) is 13.4. The Kier molecular flexibility index (Phi) is 11.9. The summed E-state index contributed by atoms with van der Waals surface area (Å²) < 4.78 is 14.2. The van der Waals surface area contributed by atoms with E-state index in [4.69, 9.17) is 8.83 Å². The van der Waals surface area contributed by atoms with Crippen molar-refractivity contribution in [1.29, 1.82) is 0 Å². The van der Waals surface area contributed by atoms with Crippen LogP contribution in [0.3, 0.4) is 0 Å². The molecule has 408 valence electrons. The van der Waals surface area contributed by atoms with Gasteiger partial charge in [-0.05, 0) is 150 Å². The van der Waals surface area contributed by atoms with E-state index in [9.17, 15) is 0 Å². The van der Waals surface area contributed by atoms with Crippen LogP contribution in [0.4, 0.5) is 34.1 Å². The summed E-state index contributed by atoms with van der Waals surface area (Å²) in [7, 11) is -1.75. The standard InChI is InChI=1S/C79H60N2O2SSi/c1-50(2)84-71-40-22-36-64-62-34-20-38-69(75(62)82-77(64)71)81(56-30-16-9-17-31-56)58-44-45-61-66(49-58)59-32-18-19-33-60(59)73-67-47-51-42-43-57(46-52(51)48-68(67)79(74(61)73,53-24-10-6-11-25-53)54-26-12-7-13-27-54)80(55-28-14-8-15-29-55)70-39-21-35-63-65-37-23-41-72(85(3,4)5)78(65)83-76(63)70/h6-50H,1-5H3. The third-order valence-corrected chi connectivity index (χ3v) is 20.7. The zero-order chi connectivity index (χ0) is 57.1. The van der Waals surface area contributed by atoms with Gasteiger partial charge in [0.15, 0.2) is 11.2 Å². The van der Waals surface area contributed by atoms with E-state index >= 15 is 0 Å². The Bertz CT molecular complexity index is 5080. The summed E-state index contributed by atoms with van der Waals surface area (Å²) >= 11 is 1.84. The number of rotatable bonds is 11. The fraction of sp³-hybridized carbons (Fsp3) is 0.0886. The monoisotopic (exact) mass is 1130 g/mol. The summed E-state index contributed by atoms with van der Waals surface area (Å²) in [6.07, 6.45) is 0. The fourth-order valence-corrected chi connectivity index (χ4v) is 16.5. The number of benzene rings is 13. The Morgan fingerprint density at radius 3 is 1.47 bits per heavy atom. The molecule has 4 nitrogen and oxygen atoms in total. The molecule has 0 amide bonds. The molecule has 2 heterocycles. The molecular formula is C79H60N2O2SSi. The van der Waals surface area contributed by atoms with E-state index in [1.54, 1.807) is 0 Å². The number of para-hydroxylation sites is 6. The summed E-state index contributed by atoms with van der Waals surface area (Å²) in [4.78, 5) is 5.93.